The van der Waals surface area contributed by atoms with Crippen LogP contribution in [0.15, 0.2) is 11.6 Å². The minimum absolute atomic E-state index is 0.170. The predicted molar refractivity (Wildman–Crippen MR) is 103 cm³/mol. The fourth-order valence-corrected chi connectivity index (χ4v) is 8.47. The molecule has 3 N–H and O–H groups in total. The molecule has 1 aliphatic heterocycles. The van der Waals surface area contributed by atoms with E-state index in [1.54, 1.807) is 0 Å². The maximum absolute atomic E-state index is 12.1. The van der Waals surface area contributed by atoms with Crippen LogP contribution in [0.5, 0.6) is 0 Å². The second-order valence-electron chi connectivity index (χ2n) is 10.9. The van der Waals surface area contributed by atoms with Gasteiger partial charge in [-0.1, -0.05) is 13.8 Å². The predicted octanol–water partition coefficient (Wildman–Crippen LogP) is 2.58. The summed E-state index contributed by atoms with van der Waals surface area (Å²) >= 11 is 0. The molecule has 4 aliphatic carbocycles. The molecule has 5 aliphatic rings. The zero-order valence-corrected chi connectivity index (χ0v) is 17.1. The van der Waals surface area contributed by atoms with Gasteiger partial charge in [0, 0.05) is 23.8 Å². The average Bonchev–Trinajstić information content (AvgIpc) is 3.13. The van der Waals surface area contributed by atoms with Crippen LogP contribution >= 0.6 is 0 Å². The zero-order valence-electron chi connectivity index (χ0n) is 17.1. The van der Waals surface area contributed by atoms with Crippen molar-refractivity contribution in [3.8, 4) is 0 Å². The maximum atomic E-state index is 12.1. The first-order valence-electron chi connectivity index (χ1n) is 11.1. The second kappa shape index (κ2) is 6.05. The van der Waals surface area contributed by atoms with Crippen LogP contribution < -0.4 is 0 Å². The smallest absolute Gasteiger partial charge is 0.331 e. The Morgan fingerprint density at radius 2 is 1.86 bits per heavy atom. The first kappa shape index (κ1) is 19.1. The molecule has 0 radical (unpaired) electrons. The lowest BCUT2D eigenvalue weighted by Crippen LogP contribution is -2.62. The first-order valence-corrected chi connectivity index (χ1v) is 11.1. The molecule has 5 nitrogen and oxygen atoms in total. The Kier molecular flexibility index (Phi) is 4.12. The molecule has 9 atom stereocenters. The van der Waals surface area contributed by atoms with E-state index in [1.807, 2.05) is 0 Å². The SMILES string of the molecule is C[C@@]12CC[C@@H](O)C[C@@H]1CCC1C2CC[C@@]2(C)[C@H](C3=CC(=O)OC3)[C@H](O)C[C@@]12O. The third kappa shape index (κ3) is 2.33. The standard InChI is InChI=1S/C23H34O5/c1-21-7-5-15(24)10-14(21)3-4-17-16(21)6-8-22(2)20(13-9-19(26)28-12-13)18(25)11-23(17,22)27/h9,14-18,20,24-25,27H,3-8,10-12H2,1-2H3/t14-,15+,16?,17?,18+,20+,21+,22-,23+/m0/s1. The van der Waals surface area contributed by atoms with Crippen LogP contribution in [-0.2, 0) is 9.53 Å². The molecule has 4 fully saturated rings. The van der Waals surface area contributed by atoms with Crippen molar-refractivity contribution in [3.63, 3.8) is 0 Å². The number of aliphatic hydroxyl groups is 3. The van der Waals surface area contributed by atoms with E-state index >= 15 is 0 Å². The summed E-state index contributed by atoms with van der Waals surface area (Å²) in [5.74, 6) is 0.627. The molecule has 0 spiro atoms. The lowest BCUT2D eigenvalue weighted by Gasteiger charge is -2.63. The number of rotatable bonds is 1. The number of ether oxygens (including phenoxy) is 1. The largest absolute Gasteiger partial charge is 0.458 e. The van der Waals surface area contributed by atoms with Gasteiger partial charge >= 0.3 is 5.97 Å². The van der Waals surface area contributed by atoms with Crippen molar-refractivity contribution >= 4 is 5.97 Å². The zero-order chi connectivity index (χ0) is 19.9. The molecule has 2 unspecified atom stereocenters. The van der Waals surface area contributed by atoms with Gasteiger partial charge in [0.2, 0.25) is 0 Å². The van der Waals surface area contributed by atoms with Crippen molar-refractivity contribution in [1.29, 1.82) is 0 Å². The Morgan fingerprint density at radius 3 is 2.57 bits per heavy atom. The third-order valence-corrected chi connectivity index (χ3v) is 9.92. The van der Waals surface area contributed by atoms with E-state index in [1.165, 1.54) is 6.08 Å². The number of hydrogen-bond acceptors (Lipinski definition) is 5. The molecular weight excluding hydrogens is 356 g/mol. The number of carbonyl (C=O) groups excluding carboxylic acids is 1. The van der Waals surface area contributed by atoms with Crippen LogP contribution in [0.25, 0.3) is 0 Å². The maximum Gasteiger partial charge on any atom is 0.331 e. The quantitative estimate of drug-likeness (QED) is 0.599. The molecule has 28 heavy (non-hydrogen) atoms. The summed E-state index contributed by atoms with van der Waals surface area (Å²) in [5.41, 5.74) is -0.301. The Bertz CT molecular complexity index is 718. The average molecular weight is 391 g/mol. The molecule has 0 bridgehead atoms. The van der Waals surface area contributed by atoms with Crippen LogP contribution in [0.4, 0.5) is 0 Å². The Balaban J connectivity index is 1.50. The highest BCUT2D eigenvalue weighted by molar-refractivity contribution is 5.85. The van der Waals surface area contributed by atoms with Gasteiger partial charge < -0.3 is 20.1 Å². The molecule has 156 valence electrons. The molecule has 4 saturated carbocycles. The fraction of sp³-hybridized carbons (Fsp3) is 0.870. The van der Waals surface area contributed by atoms with E-state index in [4.69, 9.17) is 4.74 Å². The fourth-order valence-electron chi connectivity index (χ4n) is 8.47. The molecule has 0 aromatic carbocycles. The molecule has 0 aromatic rings. The number of fused-ring (bicyclic) bond motifs is 5. The van der Waals surface area contributed by atoms with E-state index in [-0.39, 0.29) is 35.9 Å². The van der Waals surface area contributed by atoms with Crippen LogP contribution in [0, 0.1) is 34.5 Å². The number of esters is 1. The summed E-state index contributed by atoms with van der Waals surface area (Å²) in [7, 11) is 0. The molecule has 5 heteroatoms. The highest BCUT2D eigenvalue weighted by Crippen LogP contribution is 2.69. The number of hydrogen-bond donors (Lipinski definition) is 3. The van der Waals surface area contributed by atoms with Gasteiger partial charge in [0.1, 0.15) is 6.61 Å². The molecule has 0 amide bonds. The van der Waals surface area contributed by atoms with Crippen molar-refractivity contribution in [3.05, 3.63) is 11.6 Å². The summed E-state index contributed by atoms with van der Waals surface area (Å²) in [6.07, 6.45) is 7.87. The first-order chi connectivity index (χ1) is 13.2. The van der Waals surface area contributed by atoms with E-state index in [0.29, 0.717) is 18.3 Å². The lowest BCUT2D eigenvalue weighted by molar-refractivity contribution is -0.208. The van der Waals surface area contributed by atoms with Crippen molar-refractivity contribution in [1.82, 2.24) is 0 Å². The Morgan fingerprint density at radius 1 is 1.07 bits per heavy atom. The second-order valence-corrected chi connectivity index (χ2v) is 10.9. The van der Waals surface area contributed by atoms with Crippen molar-refractivity contribution in [2.45, 2.75) is 83.0 Å². The summed E-state index contributed by atoms with van der Waals surface area (Å²) in [4.78, 5) is 11.7. The Hall–Kier alpha value is -0.910. The minimum atomic E-state index is -0.906. The lowest BCUT2D eigenvalue weighted by atomic mass is 9.43. The van der Waals surface area contributed by atoms with Crippen LogP contribution in [-0.4, -0.2) is 45.7 Å². The number of aliphatic hydroxyl groups excluding tert-OH is 2. The van der Waals surface area contributed by atoms with Crippen molar-refractivity contribution in [2.75, 3.05) is 6.61 Å². The van der Waals surface area contributed by atoms with Gasteiger partial charge in [0.15, 0.2) is 0 Å². The molecule has 0 aromatic heterocycles. The third-order valence-electron chi connectivity index (χ3n) is 9.92. The highest BCUT2D eigenvalue weighted by Gasteiger charge is 2.70. The summed E-state index contributed by atoms with van der Waals surface area (Å²) in [5, 5.41) is 33.3. The van der Waals surface area contributed by atoms with E-state index < -0.39 is 17.1 Å². The van der Waals surface area contributed by atoms with Gasteiger partial charge in [-0.15, -0.1) is 0 Å². The number of carbonyl (C=O) groups is 1. The molecule has 5 rings (SSSR count). The van der Waals surface area contributed by atoms with Gasteiger partial charge in [0.05, 0.1) is 17.8 Å². The van der Waals surface area contributed by atoms with Crippen molar-refractivity contribution < 1.29 is 24.9 Å². The van der Waals surface area contributed by atoms with Gasteiger partial charge in [-0.2, -0.15) is 0 Å². The summed E-state index contributed by atoms with van der Waals surface area (Å²) in [6.45, 7) is 4.77. The van der Waals surface area contributed by atoms with Crippen molar-refractivity contribution in [2.24, 2.45) is 34.5 Å². The highest BCUT2D eigenvalue weighted by atomic mass is 16.5. The van der Waals surface area contributed by atoms with E-state index in [0.717, 1.165) is 50.5 Å². The monoisotopic (exact) mass is 390 g/mol. The number of cyclic esters (lactones) is 1. The summed E-state index contributed by atoms with van der Waals surface area (Å²) in [6, 6.07) is 0. The van der Waals surface area contributed by atoms with Gasteiger partial charge in [0.25, 0.3) is 0 Å². The normalized spacial score (nSPS) is 55.8. The van der Waals surface area contributed by atoms with Gasteiger partial charge in [-0.25, -0.2) is 4.79 Å². The molecular formula is C23H34O5. The van der Waals surface area contributed by atoms with E-state index in [9.17, 15) is 20.1 Å². The van der Waals surface area contributed by atoms with E-state index in [2.05, 4.69) is 13.8 Å². The van der Waals surface area contributed by atoms with Crippen LogP contribution in [0.2, 0.25) is 0 Å². The molecule has 1 heterocycles. The minimum Gasteiger partial charge on any atom is -0.458 e. The van der Waals surface area contributed by atoms with Crippen LogP contribution in [0.1, 0.15) is 65.2 Å². The Labute approximate surface area is 167 Å². The topological polar surface area (TPSA) is 87.0 Å². The van der Waals surface area contributed by atoms with Gasteiger partial charge in [-0.3, -0.25) is 0 Å². The van der Waals surface area contributed by atoms with Crippen LogP contribution in [0.3, 0.4) is 0 Å². The molecule has 0 saturated heterocycles. The van der Waals surface area contributed by atoms with Gasteiger partial charge in [-0.05, 0) is 73.7 Å². The summed E-state index contributed by atoms with van der Waals surface area (Å²) < 4.78 is 5.14.